The molecule has 1 rings (SSSR count). The van der Waals surface area contributed by atoms with Gasteiger partial charge in [0, 0.05) is 18.6 Å². The smallest absolute Gasteiger partial charge is 0.317 e. The van der Waals surface area contributed by atoms with Crippen LogP contribution in [0.15, 0.2) is 0 Å². The van der Waals surface area contributed by atoms with Crippen molar-refractivity contribution >= 4 is 6.03 Å². The maximum atomic E-state index is 11.9. The normalized spacial score (nSPS) is 25.7. The van der Waals surface area contributed by atoms with Crippen molar-refractivity contribution in [3.63, 3.8) is 0 Å². The van der Waals surface area contributed by atoms with Gasteiger partial charge in [-0.3, -0.25) is 0 Å². The summed E-state index contributed by atoms with van der Waals surface area (Å²) in [5.41, 5.74) is 0. The van der Waals surface area contributed by atoms with Gasteiger partial charge in [-0.15, -0.1) is 0 Å². The molecule has 0 bridgehead atoms. The number of unbranched alkanes of at least 4 members (excludes halogenated alkanes) is 1. The van der Waals surface area contributed by atoms with Gasteiger partial charge in [-0.1, -0.05) is 20.3 Å². The van der Waals surface area contributed by atoms with E-state index in [4.69, 9.17) is 0 Å². The molecular weight excluding hydrogens is 188 g/mol. The van der Waals surface area contributed by atoms with Gasteiger partial charge in [0.05, 0.1) is 0 Å². The molecule has 1 N–H and O–H groups in total. The average molecular weight is 212 g/mol. The Morgan fingerprint density at radius 3 is 2.73 bits per heavy atom. The Hall–Kier alpha value is -0.730. The lowest BCUT2D eigenvalue weighted by Gasteiger charge is -2.28. The fraction of sp³-hybridized carbons (Fsp3) is 0.917. The van der Waals surface area contributed by atoms with Crippen LogP contribution >= 0.6 is 0 Å². The second-order valence-corrected chi connectivity index (χ2v) is 4.48. The molecule has 15 heavy (non-hydrogen) atoms. The van der Waals surface area contributed by atoms with E-state index >= 15 is 0 Å². The zero-order chi connectivity index (χ0) is 11.3. The van der Waals surface area contributed by atoms with Crippen LogP contribution in [0.5, 0.6) is 0 Å². The summed E-state index contributed by atoms with van der Waals surface area (Å²) in [4.78, 5) is 14.0. The number of likely N-dealkylation sites (tertiary alicyclic amines) is 1. The number of nitrogens with one attached hydrogen (secondary N) is 1. The Labute approximate surface area is 93.2 Å². The Bertz CT molecular complexity index is 206. The summed E-state index contributed by atoms with van der Waals surface area (Å²) in [7, 11) is 0. The van der Waals surface area contributed by atoms with Crippen molar-refractivity contribution in [1.29, 1.82) is 0 Å². The number of rotatable bonds is 4. The zero-order valence-electron chi connectivity index (χ0n) is 10.3. The number of hydrogen-bond donors (Lipinski definition) is 1. The Kier molecular flexibility index (Phi) is 4.92. The molecule has 0 spiro atoms. The molecule has 1 aliphatic heterocycles. The van der Waals surface area contributed by atoms with Gasteiger partial charge >= 0.3 is 6.03 Å². The second-order valence-electron chi connectivity index (χ2n) is 4.48. The van der Waals surface area contributed by atoms with Gasteiger partial charge in [-0.2, -0.15) is 0 Å². The summed E-state index contributed by atoms with van der Waals surface area (Å²) >= 11 is 0. The second kappa shape index (κ2) is 5.99. The number of amides is 2. The highest BCUT2D eigenvalue weighted by Crippen LogP contribution is 2.25. The molecule has 88 valence electrons. The number of nitrogens with zero attached hydrogens (tertiary/aromatic N) is 1. The number of carbonyl (C=O) groups is 1. The quantitative estimate of drug-likeness (QED) is 0.714. The van der Waals surface area contributed by atoms with Gasteiger partial charge < -0.3 is 10.2 Å². The van der Waals surface area contributed by atoms with Crippen molar-refractivity contribution < 1.29 is 4.79 Å². The van der Waals surface area contributed by atoms with Crippen molar-refractivity contribution in [3.8, 4) is 0 Å². The Morgan fingerprint density at radius 1 is 1.40 bits per heavy atom. The van der Waals surface area contributed by atoms with Crippen molar-refractivity contribution in [3.05, 3.63) is 0 Å². The van der Waals surface area contributed by atoms with Crippen LogP contribution in [0, 0.1) is 0 Å². The third-order valence-electron chi connectivity index (χ3n) is 3.30. The maximum absolute atomic E-state index is 11.9. The van der Waals surface area contributed by atoms with Crippen LogP contribution in [0.4, 0.5) is 4.79 Å². The molecule has 0 aromatic rings. The third-order valence-corrected chi connectivity index (χ3v) is 3.30. The molecular formula is C12H24N2O. The summed E-state index contributed by atoms with van der Waals surface area (Å²) in [6.45, 7) is 7.26. The minimum Gasteiger partial charge on any atom is -0.338 e. The van der Waals surface area contributed by atoms with Crippen molar-refractivity contribution in [2.75, 3.05) is 6.54 Å². The largest absolute Gasteiger partial charge is 0.338 e. The van der Waals surface area contributed by atoms with E-state index in [2.05, 4.69) is 26.1 Å². The molecule has 2 amide bonds. The molecule has 1 saturated heterocycles. The maximum Gasteiger partial charge on any atom is 0.317 e. The van der Waals surface area contributed by atoms with E-state index in [1.807, 2.05) is 4.90 Å². The van der Waals surface area contributed by atoms with Gasteiger partial charge in [0.15, 0.2) is 0 Å². The third kappa shape index (κ3) is 3.11. The lowest BCUT2D eigenvalue weighted by Crippen LogP contribution is -2.46. The average Bonchev–Trinajstić information content (AvgIpc) is 2.59. The van der Waals surface area contributed by atoms with Crippen LogP contribution in [0.1, 0.15) is 52.9 Å². The molecule has 0 aliphatic carbocycles. The van der Waals surface area contributed by atoms with Crippen molar-refractivity contribution in [2.45, 2.75) is 65.0 Å². The van der Waals surface area contributed by atoms with Crippen LogP contribution in [0.3, 0.4) is 0 Å². The predicted octanol–water partition coefficient (Wildman–Crippen LogP) is 2.76. The zero-order valence-corrected chi connectivity index (χ0v) is 10.3. The SMILES string of the molecule is CCCCNC(=O)N1C(C)CCC1CC. The van der Waals surface area contributed by atoms with Gasteiger partial charge in [-0.05, 0) is 32.6 Å². The minimum absolute atomic E-state index is 0.139. The van der Waals surface area contributed by atoms with Crippen LogP contribution in [-0.2, 0) is 0 Å². The number of urea groups is 1. The summed E-state index contributed by atoms with van der Waals surface area (Å²) in [5.74, 6) is 0. The van der Waals surface area contributed by atoms with Crippen molar-refractivity contribution in [2.24, 2.45) is 0 Å². The number of carbonyl (C=O) groups excluding carboxylic acids is 1. The van der Waals surface area contributed by atoms with Crippen LogP contribution < -0.4 is 5.32 Å². The van der Waals surface area contributed by atoms with E-state index in [1.54, 1.807) is 0 Å². The molecule has 0 radical (unpaired) electrons. The summed E-state index contributed by atoms with van der Waals surface area (Å²) in [5, 5.41) is 3.01. The summed E-state index contributed by atoms with van der Waals surface area (Å²) in [6.07, 6.45) is 5.60. The first-order valence-electron chi connectivity index (χ1n) is 6.26. The van der Waals surface area contributed by atoms with E-state index < -0.39 is 0 Å². The van der Waals surface area contributed by atoms with E-state index in [9.17, 15) is 4.79 Å². The first-order chi connectivity index (χ1) is 7.20. The van der Waals surface area contributed by atoms with Gasteiger partial charge in [0.2, 0.25) is 0 Å². The highest BCUT2D eigenvalue weighted by molar-refractivity contribution is 5.75. The first-order valence-corrected chi connectivity index (χ1v) is 6.26. The van der Waals surface area contributed by atoms with E-state index in [0.29, 0.717) is 12.1 Å². The first kappa shape index (κ1) is 12.3. The predicted molar refractivity (Wildman–Crippen MR) is 62.9 cm³/mol. The van der Waals surface area contributed by atoms with Gasteiger partial charge in [-0.25, -0.2) is 4.79 Å². The van der Waals surface area contributed by atoms with E-state index in [1.165, 1.54) is 6.42 Å². The molecule has 0 aromatic heterocycles. The van der Waals surface area contributed by atoms with Crippen molar-refractivity contribution in [1.82, 2.24) is 10.2 Å². The van der Waals surface area contributed by atoms with Crippen LogP contribution in [0.25, 0.3) is 0 Å². The topological polar surface area (TPSA) is 32.3 Å². The molecule has 1 heterocycles. The molecule has 2 unspecified atom stereocenters. The molecule has 0 aromatic carbocycles. The fourth-order valence-corrected chi connectivity index (χ4v) is 2.30. The van der Waals surface area contributed by atoms with Crippen LogP contribution in [-0.4, -0.2) is 29.6 Å². The molecule has 3 nitrogen and oxygen atoms in total. The lowest BCUT2D eigenvalue weighted by atomic mass is 10.2. The van der Waals surface area contributed by atoms with Gasteiger partial charge in [0.1, 0.15) is 0 Å². The van der Waals surface area contributed by atoms with Crippen LogP contribution in [0.2, 0.25) is 0 Å². The molecule has 1 aliphatic rings. The Morgan fingerprint density at radius 2 is 2.13 bits per heavy atom. The summed E-state index contributed by atoms with van der Waals surface area (Å²) in [6, 6.07) is 1.01. The Balaban J connectivity index is 2.41. The molecule has 2 atom stereocenters. The highest BCUT2D eigenvalue weighted by atomic mass is 16.2. The lowest BCUT2D eigenvalue weighted by molar-refractivity contribution is 0.174. The number of hydrogen-bond acceptors (Lipinski definition) is 1. The molecule has 0 saturated carbocycles. The minimum atomic E-state index is 0.139. The van der Waals surface area contributed by atoms with E-state index in [0.717, 1.165) is 32.2 Å². The van der Waals surface area contributed by atoms with E-state index in [-0.39, 0.29) is 6.03 Å². The standard InChI is InChI=1S/C12H24N2O/c1-4-6-9-13-12(15)14-10(3)7-8-11(14)5-2/h10-11H,4-9H2,1-3H3,(H,13,15). The fourth-order valence-electron chi connectivity index (χ4n) is 2.30. The molecule has 3 heteroatoms. The highest BCUT2D eigenvalue weighted by Gasteiger charge is 2.32. The monoisotopic (exact) mass is 212 g/mol. The van der Waals surface area contributed by atoms with Gasteiger partial charge in [0.25, 0.3) is 0 Å². The summed E-state index contributed by atoms with van der Waals surface area (Å²) < 4.78 is 0. The molecule has 1 fully saturated rings.